The van der Waals surface area contributed by atoms with Crippen molar-refractivity contribution in [3.8, 4) is 0 Å². The van der Waals surface area contributed by atoms with Gasteiger partial charge in [0, 0.05) is 6.61 Å². The molecule has 3 aliphatic rings. The van der Waals surface area contributed by atoms with Gasteiger partial charge in [-0.1, -0.05) is 13.8 Å². The summed E-state index contributed by atoms with van der Waals surface area (Å²) in [5.41, 5.74) is 0. The van der Waals surface area contributed by atoms with Crippen LogP contribution in [0.3, 0.4) is 0 Å². The molecule has 2 bridgehead atoms. The number of hydrogen-bond acceptors (Lipinski definition) is 1. The first kappa shape index (κ1) is 9.21. The molecule has 3 saturated carbocycles. The number of aliphatic hydroxyl groups excluding tert-OH is 1. The second kappa shape index (κ2) is 2.98. The molecule has 7 atom stereocenters. The van der Waals surface area contributed by atoms with Crippen molar-refractivity contribution in [3.05, 3.63) is 0 Å². The van der Waals surface area contributed by atoms with E-state index >= 15 is 0 Å². The Hall–Kier alpha value is -0.0400. The standard InChI is InChI=1S/C13H22O/c1-7-3-10-9-5-12(11(10)4-7)13(6-14)8(9)2/h7-14H,3-6H2,1-2H3/t7-,8?,9?,10?,11?,12?,13?/m0/s1. The van der Waals surface area contributed by atoms with Crippen LogP contribution in [0.1, 0.15) is 33.1 Å². The zero-order chi connectivity index (χ0) is 9.87. The summed E-state index contributed by atoms with van der Waals surface area (Å²) in [7, 11) is 0. The Labute approximate surface area is 86.9 Å². The summed E-state index contributed by atoms with van der Waals surface area (Å²) < 4.78 is 0. The van der Waals surface area contributed by atoms with Crippen molar-refractivity contribution in [2.45, 2.75) is 33.1 Å². The molecular formula is C13H22O. The lowest BCUT2D eigenvalue weighted by molar-refractivity contribution is 0.0752. The molecule has 80 valence electrons. The van der Waals surface area contributed by atoms with Gasteiger partial charge in [0.15, 0.2) is 0 Å². The summed E-state index contributed by atoms with van der Waals surface area (Å²) in [6.07, 6.45) is 4.37. The van der Waals surface area contributed by atoms with E-state index in [1.54, 1.807) is 0 Å². The van der Waals surface area contributed by atoms with Crippen molar-refractivity contribution in [2.24, 2.45) is 41.4 Å². The summed E-state index contributed by atoms with van der Waals surface area (Å²) in [5.74, 6) is 6.28. The molecular weight excluding hydrogens is 172 g/mol. The summed E-state index contributed by atoms with van der Waals surface area (Å²) in [6.45, 7) is 5.24. The molecule has 0 radical (unpaired) electrons. The van der Waals surface area contributed by atoms with Gasteiger partial charge >= 0.3 is 0 Å². The Kier molecular flexibility index (Phi) is 1.96. The van der Waals surface area contributed by atoms with E-state index in [4.69, 9.17) is 0 Å². The molecule has 0 aromatic rings. The average molecular weight is 194 g/mol. The highest BCUT2D eigenvalue weighted by molar-refractivity contribution is 5.06. The Morgan fingerprint density at radius 2 is 1.57 bits per heavy atom. The lowest BCUT2D eigenvalue weighted by atomic mass is 9.70. The Bertz CT molecular complexity index is 235. The highest BCUT2D eigenvalue weighted by atomic mass is 16.3. The topological polar surface area (TPSA) is 20.2 Å². The lowest BCUT2D eigenvalue weighted by Crippen LogP contribution is -2.32. The van der Waals surface area contributed by atoms with Crippen LogP contribution in [0, 0.1) is 41.4 Å². The SMILES string of the molecule is CC1C(CO)C2CC1C1C[C@H](C)CC21. The first-order valence-corrected chi connectivity index (χ1v) is 6.33. The highest BCUT2D eigenvalue weighted by Gasteiger charge is 2.57. The van der Waals surface area contributed by atoms with Crippen LogP contribution in [0.4, 0.5) is 0 Å². The second-order valence-electron chi connectivity index (χ2n) is 6.17. The van der Waals surface area contributed by atoms with E-state index in [0.29, 0.717) is 12.5 Å². The van der Waals surface area contributed by atoms with Crippen molar-refractivity contribution in [2.75, 3.05) is 6.61 Å². The van der Waals surface area contributed by atoms with E-state index in [1.807, 2.05) is 0 Å². The molecule has 1 heteroatoms. The summed E-state index contributed by atoms with van der Waals surface area (Å²) in [4.78, 5) is 0. The van der Waals surface area contributed by atoms with Crippen LogP contribution in [0.25, 0.3) is 0 Å². The van der Waals surface area contributed by atoms with Gasteiger partial charge < -0.3 is 5.11 Å². The largest absolute Gasteiger partial charge is 0.396 e. The molecule has 0 amide bonds. The van der Waals surface area contributed by atoms with Crippen LogP contribution in [-0.2, 0) is 0 Å². The van der Waals surface area contributed by atoms with Gasteiger partial charge in [-0.15, -0.1) is 0 Å². The van der Waals surface area contributed by atoms with Gasteiger partial charge in [-0.05, 0) is 60.7 Å². The molecule has 3 fully saturated rings. The fourth-order valence-electron chi connectivity index (χ4n) is 5.13. The third-order valence-corrected chi connectivity index (χ3v) is 5.65. The normalized spacial score (nSPS) is 60.6. The maximum absolute atomic E-state index is 9.44. The molecule has 1 N–H and O–H groups in total. The maximum atomic E-state index is 9.44. The number of rotatable bonds is 1. The molecule has 3 aliphatic carbocycles. The molecule has 3 rings (SSSR count). The van der Waals surface area contributed by atoms with E-state index < -0.39 is 0 Å². The average Bonchev–Trinajstić information content (AvgIpc) is 2.73. The minimum atomic E-state index is 0.444. The van der Waals surface area contributed by atoms with Gasteiger partial charge in [0.2, 0.25) is 0 Å². The Balaban J connectivity index is 1.85. The predicted molar refractivity (Wildman–Crippen MR) is 56.7 cm³/mol. The number of fused-ring (bicyclic) bond motifs is 5. The number of hydrogen-bond donors (Lipinski definition) is 1. The van der Waals surface area contributed by atoms with Crippen molar-refractivity contribution < 1.29 is 5.11 Å². The van der Waals surface area contributed by atoms with Gasteiger partial charge in [0.05, 0.1) is 0 Å². The van der Waals surface area contributed by atoms with Crippen molar-refractivity contribution in [1.82, 2.24) is 0 Å². The minimum Gasteiger partial charge on any atom is -0.396 e. The van der Waals surface area contributed by atoms with Gasteiger partial charge in [0.1, 0.15) is 0 Å². The van der Waals surface area contributed by atoms with Crippen LogP contribution in [-0.4, -0.2) is 11.7 Å². The van der Waals surface area contributed by atoms with Crippen LogP contribution >= 0.6 is 0 Å². The van der Waals surface area contributed by atoms with Crippen molar-refractivity contribution in [3.63, 3.8) is 0 Å². The van der Waals surface area contributed by atoms with Crippen LogP contribution in [0.5, 0.6) is 0 Å². The molecule has 0 saturated heterocycles. The van der Waals surface area contributed by atoms with E-state index in [0.717, 1.165) is 35.5 Å². The fourth-order valence-corrected chi connectivity index (χ4v) is 5.13. The molecule has 14 heavy (non-hydrogen) atoms. The highest BCUT2D eigenvalue weighted by Crippen LogP contribution is 2.63. The van der Waals surface area contributed by atoms with Gasteiger partial charge in [-0.3, -0.25) is 0 Å². The van der Waals surface area contributed by atoms with Crippen LogP contribution in [0.15, 0.2) is 0 Å². The maximum Gasteiger partial charge on any atom is 0.0464 e. The Morgan fingerprint density at radius 1 is 0.929 bits per heavy atom. The number of aliphatic hydroxyl groups is 1. The van der Waals surface area contributed by atoms with E-state index in [2.05, 4.69) is 13.8 Å². The molecule has 0 aromatic carbocycles. The van der Waals surface area contributed by atoms with Gasteiger partial charge in [-0.2, -0.15) is 0 Å². The predicted octanol–water partition coefficient (Wildman–Crippen LogP) is 2.54. The first-order chi connectivity index (χ1) is 6.72. The first-order valence-electron chi connectivity index (χ1n) is 6.33. The lowest BCUT2D eigenvalue weighted by Gasteiger charge is -2.35. The van der Waals surface area contributed by atoms with E-state index in [-0.39, 0.29) is 0 Å². The smallest absolute Gasteiger partial charge is 0.0464 e. The molecule has 6 unspecified atom stereocenters. The zero-order valence-electron chi connectivity index (χ0n) is 9.32. The summed E-state index contributed by atoms with van der Waals surface area (Å²) in [6, 6.07) is 0. The molecule has 0 heterocycles. The third-order valence-electron chi connectivity index (χ3n) is 5.65. The molecule has 0 aliphatic heterocycles. The quantitative estimate of drug-likeness (QED) is 0.680. The zero-order valence-corrected chi connectivity index (χ0v) is 9.32. The molecule has 0 aromatic heterocycles. The second-order valence-corrected chi connectivity index (χ2v) is 6.17. The fraction of sp³-hybridized carbons (Fsp3) is 1.00. The van der Waals surface area contributed by atoms with E-state index in [1.165, 1.54) is 19.3 Å². The van der Waals surface area contributed by atoms with Crippen LogP contribution < -0.4 is 0 Å². The molecule has 0 spiro atoms. The summed E-state index contributed by atoms with van der Waals surface area (Å²) >= 11 is 0. The third kappa shape index (κ3) is 0.997. The van der Waals surface area contributed by atoms with Gasteiger partial charge in [-0.25, -0.2) is 0 Å². The monoisotopic (exact) mass is 194 g/mol. The van der Waals surface area contributed by atoms with Crippen molar-refractivity contribution >= 4 is 0 Å². The van der Waals surface area contributed by atoms with E-state index in [9.17, 15) is 5.11 Å². The Morgan fingerprint density at radius 3 is 2.21 bits per heavy atom. The van der Waals surface area contributed by atoms with Crippen LogP contribution in [0.2, 0.25) is 0 Å². The van der Waals surface area contributed by atoms with Gasteiger partial charge in [0.25, 0.3) is 0 Å². The molecule has 1 nitrogen and oxygen atoms in total. The summed E-state index contributed by atoms with van der Waals surface area (Å²) in [5, 5.41) is 9.44. The minimum absolute atomic E-state index is 0.444. The van der Waals surface area contributed by atoms with Crippen molar-refractivity contribution in [1.29, 1.82) is 0 Å².